The van der Waals surface area contributed by atoms with Crippen LogP contribution in [0.2, 0.25) is 0 Å². The van der Waals surface area contributed by atoms with Crippen LogP contribution in [0.1, 0.15) is 24.6 Å². The lowest BCUT2D eigenvalue weighted by Gasteiger charge is -2.10. The molecule has 1 aliphatic rings. The summed E-state index contributed by atoms with van der Waals surface area (Å²) in [6.07, 6.45) is 2.28. The third-order valence-corrected chi connectivity index (χ3v) is 3.78. The molecule has 0 spiro atoms. The van der Waals surface area contributed by atoms with Crippen LogP contribution in [0, 0.1) is 5.82 Å². The maximum atomic E-state index is 13.5. The fourth-order valence-electron chi connectivity index (χ4n) is 1.90. The van der Waals surface area contributed by atoms with E-state index in [0.717, 1.165) is 24.5 Å². The molecule has 0 unspecified atom stereocenters. The summed E-state index contributed by atoms with van der Waals surface area (Å²) < 4.78 is 14.0. The molecule has 1 aliphatic carbocycles. The first-order chi connectivity index (χ1) is 9.65. The van der Waals surface area contributed by atoms with Crippen molar-refractivity contribution in [2.75, 3.05) is 17.7 Å². The molecule has 20 heavy (non-hydrogen) atoms. The van der Waals surface area contributed by atoms with Crippen molar-refractivity contribution < 1.29 is 4.39 Å². The van der Waals surface area contributed by atoms with Crippen LogP contribution in [0.25, 0.3) is 0 Å². The normalized spacial score (nSPS) is 14.2. The molecule has 2 N–H and O–H groups in total. The highest BCUT2D eigenvalue weighted by atomic mass is 79.9. The third-order valence-electron chi connectivity index (χ3n) is 3.13. The summed E-state index contributed by atoms with van der Waals surface area (Å²) in [6.45, 7) is 0. The summed E-state index contributed by atoms with van der Waals surface area (Å²) in [5.74, 6) is 2.44. The largest absolute Gasteiger partial charge is 0.373 e. The van der Waals surface area contributed by atoms with Gasteiger partial charge in [0.2, 0.25) is 0 Å². The molecular formula is C14H14BrFN4. The highest BCUT2D eigenvalue weighted by molar-refractivity contribution is 9.10. The van der Waals surface area contributed by atoms with Gasteiger partial charge in [-0.3, -0.25) is 0 Å². The van der Waals surface area contributed by atoms with E-state index in [1.165, 1.54) is 6.07 Å². The summed E-state index contributed by atoms with van der Waals surface area (Å²) in [5, 5.41) is 6.14. The quantitative estimate of drug-likeness (QED) is 0.884. The van der Waals surface area contributed by atoms with Gasteiger partial charge in [0.05, 0.1) is 4.47 Å². The highest BCUT2D eigenvalue weighted by Crippen LogP contribution is 2.39. The summed E-state index contributed by atoms with van der Waals surface area (Å²) in [7, 11) is 1.82. The van der Waals surface area contributed by atoms with E-state index in [1.807, 2.05) is 13.1 Å². The first-order valence-electron chi connectivity index (χ1n) is 6.44. The van der Waals surface area contributed by atoms with Crippen molar-refractivity contribution in [3.05, 3.63) is 40.4 Å². The van der Waals surface area contributed by atoms with E-state index >= 15 is 0 Å². The van der Waals surface area contributed by atoms with E-state index in [1.54, 1.807) is 12.1 Å². The Morgan fingerprint density at radius 3 is 2.60 bits per heavy atom. The van der Waals surface area contributed by atoms with Crippen LogP contribution < -0.4 is 10.6 Å². The van der Waals surface area contributed by atoms with Gasteiger partial charge in [-0.2, -0.15) is 0 Å². The Balaban J connectivity index is 1.88. The highest BCUT2D eigenvalue weighted by Gasteiger charge is 2.27. The summed E-state index contributed by atoms with van der Waals surface area (Å²) in [6, 6.07) is 6.71. The molecule has 1 heterocycles. The first kappa shape index (κ1) is 13.3. The van der Waals surface area contributed by atoms with Gasteiger partial charge in [-0.25, -0.2) is 14.4 Å². The molecule has 1 aromatic carbocycles. The van der Waals surface area contributed by atoms with E-state index in [4.69, 9.17) is 0 Å². The molecule has 0 amide bonds. The molecule has 4 nitrogen and oxygen atoms in total. The Hall–Kier alpha value is -1.69. The lowest BCUT2D eigenvalue weighted by Crippen LogP contribution is -2.03. The molecule has 0 aliphatic heterocycles. The van der Waals surface area contributed by atoms with Gasteiger partial charge < -0.3 is 10.6 Å². The maximum absolute atomic E-state index is 13.5. The summed E-state index contributed by atoms with van der Waals surface area (Å²) >= 11 is 3.14. The molecule has 0 radical (unpaired) electrons. The second-order valence-electron chi connectivity index (χ2n) is 4.77. The van der Waals surface area contributed by atoms with Gasteiger partial charge in [0.25, 0.3) is 0 Å². The van der Waals surface area contributed by atoms with Crippen LogP contribution in [0.5, 0.6) is 0 Å². The van der Waals surface area contributed by atoms with Gasteiger partial charge in [0.1, 0.15) is 23.3 Å². The van der Waals surface area contributed by atoms with Crippen molar-refractivity contribution in [1.29, 1.82) is 0 Å². The van der Waals surface area contributed by atoms with Crippen LogP contribution in [0.3, 0.4) is 0 Å². The van der Waals surface area contributed by atoms with Crippen LogP contribution in [-0.4, -0.2) is 17.0 Å². The van der Waals surface area contributed by atoms with E-state index in [2.05, 4.69) is 36.5 Å². The molecule has 1 saturated carbocycles. The molecule has 2 aromatic rings. The number of hydrogen-bond acceptors (Lipinski definition) is 4. The second-order valence-corrected chi connectivity index (χ2v) is 5.63. The maximum Gasteiger partial charge on any atom is 0.139 e. The summed E-state index contributed by atoms with van der Waals surface area (Å²) in [5.41, 5.74) is 0.660. The van der Waals surface area contributed by atoms with Crippen molar-refractivity contribution >= 4 is 33.3 Å². The van der Waals surface area contributed by atoms with Gasteiger partial charge >= 0.3 is 0 Å². The number of anilines is 3. The summed E-state index contributed by atoms with van der Waals surface area (Å²) in [4.78, 5) is 8.94. The number of aromatic nitrogens is 2. The van der Waals surface area contributed by atoms with Crippen molar-refractivity contribution in [3.8, 4) is 0 Å². The van der Waals surface area contributed by atoms with Crippen molar-refractivity contribution in [2.24, 2.45) is 0 Å². The number of benzene rings is 1. The Kier molecular flexibility index (Phi) is 3.56. The number of rotatable bonds is 4. The predicted octanol–water partition coefficient (Wildman–Crippen LogP) is 4.04. The minimum absolute atomic E-state index is 0.305. The average molecular weight is 337 g/mol. The van der Waals surface area contributed by atoms with E-state index in [9.17, 15) is 4.39 Å². The number of halogens is 2. The fourth-order valence-corrected chi connectivity index (χ4v) is 2.15. The lowest BCUT2D eigenvalue weighted by molar-refractivity contribution is 0.622. The Morgan fingerprint density at radius 2 is 1.95 bits per heavy atom. The van der Waals surface area contributed by atoms with E-state index in [-0.39, 0.29) is 5.82 Å². The smallest absolute Gasteiger partial charge is 0.139 e. The van der Waals surface area contributed by atoms with Crippen molar-refractivity contribution in [2.45, 2.75) is 18.8 Å². The minimum Gasteiger partial charge on any atom is -0.373 e. The topological polar surface area (TPSA) is 49.8 Å². The van der Waals surface area contributed by atoms with Crippen LogP contribution in [0.15, 0.2) is 28.7 Å². The lowest BCUT2D eigenvalue weighted by atomic mass is 10.3. The SMILES string of the molecule is CNc1cc(Nc2ccc(Br)c(F)c2)nc(C2CC2)n1. The second kappa shape index (κ2) is 5.36. The Bertz CT molecular complexity index is 643. The van der Waals surface area contributed by atoms with Crippen molar-refractivity contribution in [3.63, 3.8) is 0 Å². The molecule has 1 fully saturated rings. The van der Waals surface area contributed by atoms with Crippen LogP contribution in [-0.2, 0) is 0 Å². The molecule has 1 aromatic heterocycles. The number of hydrogen-bond donors (Lipinski definition) is 2. The van der Waals surface area contributed by atoms with Crippen LogP contribution >= 0.6 is 15.9 Å². The van der Waals surface area contributed by atoms with Gasteiger partial charge in [-0.15, -0.1) is 0 Å². The zero-order valence-corrected chi connectivity index (χ0v) is 12.5. The first-order valence-corrected chi connectivity index (χ1v) is 7.24. The zero-order chi connectivity index (χ0) is 14.1. The van der Waals surface area contributed by atoms with Gasteiger partial charge in [-0.1, -0.05) is 0 Å². The fraction of sp³-hybridized carbons (Fsp3) is 0.286. The Labute approximate surface area is 125 Å². The number of nitrogens with zero attached hydrogens (tertiary/aromatic N) is 2. The molecule has 0 saturated heterocycles. The van der Waals surface area contributed by atoms with Crippen molar-refractivity contribution in [1.82, 2.24) is 9.97 Å². The predicted molar refractivity (Wildman–Crippen MR) is 80.9 cm³/mol. The molecule has 6 heteroatoms. The molecule has 0 atom stereocenters. The monoisotopic (exact) mass is 336 g/mol. The molecular weight excluding hydrogens is 323 g/mol. The van der Waals surface area contributed by atoms with Gasteiger partial charge in [-0.05, 0) is 47.0 Å². The van der Waals surface area contributed by atoms with Gasteiger partial charge in [0.15, 0.2) is 0 Å². The zero-order valence-electron chi connectivity index (χ0n) is 11.0. The molecule has 3 rings (SSSR count). The van der Waals surface area contributed by atoms with Crippen LogP contribution in [0.4, 0.5) is 21.7 Å². The van der Waals surface area contributed by atoms with E-state index in [0.29, 0.717) is 21.9 Å². The number of nitrogens with one attached hydrogen (secondary N) is 2. The third kappa shape index (κ3) is 2.90. The average Bonchev–Trinajstić information content (AvgIpc) is 3.27. The minimum atomic E-state index is -0.305. The van der Waals surface area contributed by atoms with Gasteiger partial charge in [0, 0.05) is 24.7 Å². The standard InChI is InChI=1S/C14H14BrFN4/c1-17-12-7-13(20-14(19-12)8-2-3-8)18-9-4-5-10(15)11(16)6-9/h4-8H,2-3H2,1H3,(H2,17,18,19,20). The molecule has 0 bridgehead atoms. The molecule has 104 valence electrons. The Morgan fingerprint density at radius 1 is 1.20 bits per heavy atom. The van der Waals surface area contributed by atoms with E-state index < -0.39 is 0 Å².